The Hall–Kier alpha value is -7.30. The Morgan fingerprint density at radius 1 is 0.618 bits per heavy atom. The number of hydrogen-bond donors (Lipinski definition) is 0. The summed E-state index contributed by atoms with van der Waals surface area (Å²) in [6.07, 6.45) is 3.62. The molecular formula is C48H36N6O. The lowest BCUT2D eigenvalue weighted by Gasteiger charge is -2.20. The molecule has 0 aliphatic carbocycles. The smallest absolute Gasteiger partial charge is 0.191 e. The van der Waals surface area contributed by atoms with E-state index in [1.165, 1.54) is 5.56 Å². The summed E-state index contributed by atoms with van der Waals surface area (Å²) in [4.78, 5) is 8.67. The van der Waals surface area contributed by atoms with E-state index in [0.29, 0.717) is 28.6 Å². The van der Waals surface area contributed by atoms with E-state index in [9.17, 15) is 0 Å². The molecule has 9 rings (SSSR count). The fraction of sp³-hybridized carbons (Fsp3) is 0.0833. The SMILES string of the molecule is [C-]#[N+]c1cc(Oc2ccc3c4ccccc4n(-c4cc(C(C)(C)C)ccn4)c3c2)cc(-c2nncn2-c2c(-c3ccccc3)cccc2-c2ccccc2)c1. The normalized spacial score (nSPS) is 11.5. The van der Waals surface area contributed by atoms with E-state index < -0.39 is 0 Å². The van der Waals surface area contributed by atoms with Crippen molar-refractivity contribution in [3.8, 4) is 56.6 Å². The minimum absolute atomic E-state index is 0.0344. The van der Waals surface area contributed by atoms with Crippen LogP contribution in [0, 0.1) is 6.57 Å². The molecule has 0 saturated carbocycles. The van der Waals surface area contributed by atoms with Crippen molar-refractivity contribution < 1.29 is 4.74 Å². The van der Waals surface area contributed by atoms with Gasteiger partial charge in [0.05, 0.1) is 23.3 Å². The Labute approximate surface area is 319 Å². The van der Waals surface area contributed by atoms with E-state index >= 15 is 0 Å². The van der Waals surface area contributed by atoms with E-state index in [1.54, 1.807) is 12.4 Å². The van der Waals surface area contributed by atoms with Crippen molar-refractivity contribution in [1.29, 1.82) is 0 Å². The van der Waals surface area contributed by atoms with Gasteiger partial charge in [-0.25, -0.2) is 9.83 Å². The van der Waals surface area contributed by atoms with Crippen molar-refractivity contribution in [2.75, 3.05) is 0 Å². The molecule has 0 bridgehead atoms. The minimum Gasteiger partial charge on any atom is -0.459 e. The maximum atomic E-state index is 8.02. The fourth-order valence-electron chi connectivity index (χ4n) is 7.34. The third-order valence-electron chi connectivity index (χ3n) is 9.99. The molecule has 0 saturated heterocycles. The second-order valence-electron chi connectivity index (χ2n) is 14.6. The van der Waals surface area contributed by atoms with Crippen LogP contribution in [0.2, 0.25) is 0 Å². The third-order valence-corrected chi connectivity index (χ3v) is 9.99. The lowest BCUT2D eigenvalue weighted by Crippen LogP contribution is -2.12. The van der Waals surface area contributed by atoms with Crippen molar-refractivity contribution in [1.82, 2.24) is 24.3 Å². The van der Waals surface area contributed by atoms with Gasteiger partial charge in [0.25, 0.3) is 0 Å². The Bertz CT molecular complexity index is 2840. The van der Waals surface area contributed by atoms with E-state index in [2.05, 4.69) is 131 Å². The minimum atomic E-state index is -0.0344. The predicted molar refractivity (Wildman–Crippen MR) is 221 cm³/mol. The zero-order valence-electron chi connectivity index (χ0n) is 30.7. The molecule has 7 heteroatoms. The van der Waals surface area contributed by atoms with Crippen molar-refractivity contribution >= 4 is 27.5 Å². The highest BCUT2D eigenvalue weighted by atomic mass is 16.5. The number of para-hydroxylation sites is 2. The van der Waals surface area contributed by atoms with Crippen LogP contribution >= 0.6 is 0 Å². The van der Waals surface area contributed by atoms with E-state index in [4.69, 9.17) is 16.3 Å². The summed E-state index contributed by atoms with van der Waals surface area (Å²) >= 11 is 0. The van der Waals surface area contributed by atoms with Gasteiger partial charge in [-0.05, 0) is 70.6 Å². The molecule has 7 nitrogen and oxygen atoms in total. The van der Waals surface area contributed by atoms with Crippen molar-refractivity contribution in [2.24, 2.45) is 0 Å². The molecule has 9 aromatic rings. The van der Waals surface area contributed by atoms with Crippen LogP contribution in [-0.2, 0) is 5.41 Å². The first-order chi connectivity index (χ1) is 26.9. The molecule has 0 aliphatic heterocycles. The highest BCUT2D eigenvalue weighted by Gasteiger charge is 2.21. The average Bonchev–Trinajstić information content (AvgIpc) is 3.84. The molecule has 264 valence electrons. The highest BCUT2D eigenvalue weighted by molar-refractivity contribution is 6.09. The number of rotatable bonds is 7. The van der Waals surface area contributed by atoms with Crippen molar-refractivity contribution in [3.05, 3.63) is 181 Å². The molecule has 0 atom stereocenters. The molecule has 3 aromatic heterocycles. The first-order valence-electron chi connectivity index (χ1n) is 18.2. The van der Waals surface area contributed by atoms with Crippen LogP contribution in [-0.4, -0.2) is 24.3 Å². The van der Waals surface area contributed by atoms with E-state index in [-0.39, 0.29) is 5.41 Å². The third kappa shape index (κ3) is 6.20. The molecule has 0 N–H and O–H groups in total. The zero-order chi connectivity index (χ0) is 37.5. The second-order valence-corrected chi connectivity index (χ2v) is 14.6. The quantitative estimate of drug-likeness (QED) is 0.154. The summed E-state index contributed by atoms with van der Waals surface area (Å²) in [5.41, 5.74) is 9.50. The van der Waals surface area contributed by atoms with Gasteiger partial charge in [0.2, 0.25) is 0 Å². The van der Waals surface area contributed by atoms with Gasteiger partial charge in [-0.3, -0.25) is 9.13 Å². The largest absolute Gasteiger partial charge is 0.459 e. The molecule has 0 aliphatic rings. The van der Waals surface area contributed by atoms with Crippen LogP contribution in [0.25, 0.3) is 71.8 Å². The summed E-state index contributed by atoms with van der Waals surface area (Å²) in [6.45, 7) is 14.7. The van der Waals surface area contributed by atoms with Gasteiger partial charge in [0, 0.05) is 39.7 Å². The van der Waals surface area contributed by atoms with Gasteiger partial charge in [-0.2, -0.15) is 0 Å². The molecular weight excluding hydrogens is 677 g/mol. The molecule has 0 amide bonds. The standard InChI is InChI=1S/C48H36N6O/c1-48(2,3)35-24-25-50-45(28-35)54-43-21-12-11-18-41(43)42-23-22-37(30-44(42)54)55-38-27-34(26-36(29-38)49-4)47-52-51-31-53(47)46-39(32-14-7-5-8-15-32)19-13-20-40(46)33-16-9-6-10-17-33/h5-31H,1-3H3. The van der Waals surface area contributed by atoms with Crippen LogP contribution in [0.4, 0.5) is 5.69 Å². The Morgan fingerprint density at radius 2 is 1.31 bits per heavy atom. The molecule has 0 unspecified atom stereocenters. The monoisotopic (exact) mass is 712 g/mol. The molecule has 55 heavy (non-hydrogen) atoms. The van der Waals surface area contributed by atoms with Gasteiger partial charge >= 0.3 is 0 Å². The topological polar surface area (TPSA) is 62.1 Å². The van der Waals surface area contributed by atoms with Gasteiger partial charge < -0.3 is 4.74 Å². The average molecular weight is 713 g/mol. The van der Waals surface area contributed by atoms with E-state index in [0.717, 1.165) is 55.6 Å². The number of fused-ring (bicyclic) bond motifs is 3. The number of nitrogens with zero attached hydrogens (tertiary/aromatic N) is 6. The van der Waals surface area contributed by atoms with Crippen LogP contribution in [0.5, 0.6) is 11.5 Å². The maximum Gasteiger partial charge on any atom is 0.191 e. The zero-order valence-corrected chi connectivity index (χ0v) is 30.7. The number of benzene rings is 6. The van der Waals surface area contributed by atoms with E-state index in [1.807, 2.05) is 65.4 Å². The lowest BCUT2D eigenvalue weighted by molar-refractivity contribution is 0.484. The van der Waals surface area contributed by atoms with Crippen molar-refractivity contribution in [2.45, 2.75) is 26.2 Å². The first kappa shape index (κ1) is 33.5. The van der Waals surface area contributed by atoms with Gasteiger partial charge in [-0.15, -0.1) is 10.2 Å². The molecule has 0 fully saturated rings. The molecule has 6 aromatic carbocycles. The van der Waals surface area contributed by atoms with Gasteiger partial charge in [0.15, 0.2) is 11.5 Å². The second kappa shape index (κ2) is 13.6. The Kier molecular flexibility index (Phi) is 8.29. The Morgan fingerprint density at radius 3 is 2.02 bits per heavy atom. The van der Waals surface area contributed by atoms with Crippen molar-refractivity contribution in [3.63, 3.8) is 0 Å². The lowest BCUT2D eigenvalue weighted by atomic mass is 9.88. The summed E-state index contributed by atoms with van der Waals surface area (Å²) in [6, 6.07) is 51.2. The molecule has 0 spiro atoms. The van der Waals surface area contributed by atoms with Crippen LogP contribution < -0.4 is 4.74 Å². The fourth-order valence-corrected chi connectivity index (χ4v) is 7.34. The van der Waals surface area contributed by atoms with Gasteiger partial charge in [-0.1, -0.05) is 118 Å². The Balaban J connectivity index is 1.16. The summed E-state index contributed by atoms with van der Waals surface area (Å²) in [5, 5.41) is 11.3. The van der Waals surface area contributed by atoms with Gasteiger partial charge in [0.1, 0.15) is 23.6 Å². The summed E-state index contributed by atoms with van der Waals surface area (Å²) < 4.78 is 10.8. The van der Waals surface area contributed by atoms with Crippen LogP contribution in [0.1, 0.15) is 26.3 Å². The maximum absolute atomic E-state index is 8.02. The molecule has 0 radical (unpaired) electrons. The first-order valence-corrected chi connectivity index (χ1v) is 18.2. The summed E-state index contributed by atoms with van der Waals surface area (Å²) in [7, 11) is 0. The summed E-state index contributed by atoms with van der Waals surface area (Å²) in [5.74, 6) is 2.60. The number of hydrogen-bond acceptors (Lipinski definition) is 4. The van der Waals surface area contributed by atoms with Crippen LogP contribution in [0.15, 0.2) is 164 Å². The number of aromatic nitrogens is 5. The molecule has 3 heterocycles. The number of ether oxygens (including phenoxy) is 1. The van der Waals surface area contributed by atoms with Crippen LogP contribution in [0.3, 0.4) is 0 Å². The number of pyridine rings is 1. The predicted octanol–water partition coefficient (Wildman–Crippen LogP) is 12.4. The highest BCUT2D eigenvalue weighted by Crippen LogP contribution is 2.40.